The number of nitrogens with one attached hydrogen (secondary N) is 2. The first kappa shape index (κ1) is 18.7. The summed E-state index contributed by atoms with van der Waals surface area (Å²) >= 11 is 1.77. The van der Waals surface area contributed by atoms with Crippen LogP contribution in [0.4, 0.5) is 0 Å². The summed E-state index contributed by atoms with van der Waals surface area (Å²) in [5.74, 6) is 0.637. The molecule has 2 heterocycles. The van der Waals surface area contributed by atoms with Crippen molar-refractivity contribution in [1.29, 1.82) is 0 Å². The molecule has 1 aromatic heterocycles. The standard InChI is InChI=1S/C23H24N2O2S/c1-27-20-9-4-8-18(14-20)23(26)24-15-21(22-10-5-13-28-22)25-12-11-17-6-2-3-7-19(17)16-25/h2-10,13-14,21H,11-12,15-16H2,1H3,(H,24,26)/p+1/t21-/m1/s1. The third-order valence-electron chi connectivity index (χ3n) is 5.43. The molecule has 4 nitrogen and oxygen atoms in total. The van der Waals surface area contributed by atoms with Gasteiger partial charge in [-0.25, -0.2) is 0 Å². The van der Waals surface area contributed by atoms with Crippen molar-refractivity contribution in [1.82, 2.24) is 5.32 Å². The first-order valence-electron chi connectivity index (χ1n) is 9.61. The van der Waals surface area contributed by atoms with Gasteiger partial charge in [0.2, 0.25) is 0 Å². The van der Waals surface area contributed by atoms with E-state index in [0.717, 1.165) is 19.5 Å². The maximum Gasteiger partial charge on any atom is 0.251 e. The fourth-order valence-electron chi connectivity index (χ4n) is 3.90. The van der Waals surface area contributed by atoms with E-state index in [1.165, 1.54) is 20.9 Å². The molecule has 4 rings (SSSR count). The maximum atomic E-state index is 12.7. The van der Waals surface area contributed by atoms with Crippen LogP contribution in [0.5, 0.6) is 5.75 Å². The Balaban J connectivity index is 1.49. The van der Waals surface area contributed by atoms with Gasteiger partial charge in [0, 0.05) is 17.5 Å². The molecule has 0 fully saturated rings. The Morgan fingerprint density at radius 2 is 2.00 bits per heavy atom. The topological polar surface area (TPSA) is 42.8 Å². The molecule has 1 aliphatic rings. The van der Waals surface area contributed by atoms with Gasteiger partial charge >= 0.3 is 0 Å². The van der Waals surface area contributed by atoms with E-state index in [1.54, 1.807) is 24.5 Å². The van der Waals surface area contributed by atoms with Crippen LogP contribution in [-0.4, -0.2) is 26.1 Å². The predicted octanol–water partition coefficient (Wildman–Crippen LogP) is 2.87. The lowest BCUT2D eigenvalue weighted by atomic mass is 9.98. The molecule has 0 saturated heterocycles. The molecule has 2 atom stereocenters. The number of fused-ring (bicyclic) bond motifs is 1. The molecule has 1 amide bonds. The van der Waals surface area contributed by atoms with Gasteiger partial charge in [-0.2, -0.15) is 0 Å². The van der Waals surface area contributed by atoms with E-state index in [0.29, 0.717) is 17.9 Å². The zero-order chi connectivity index (χ0) is 19.3. The molecule has 0 bridgehead atoms. The lowest BCUT2D eigenvalue weighted by Gasteiger charge is -2.32. The van der Waals surface area contributed by atoms with Crippen LogP contribution in [0.3, 0.4) is 0 Å². The lowest BCUT2D eigenvalue weighted by molar-refractivity contribution is -0.945. The molecule has 0 spiro atoms. The molecular formula is C23H25N2O2S+. The van der Waals surface area contributed by atoms with E-state index in [4.69, 9.17) is 4.74 Å². The molecule has 2 aromatic carbocycles. The average Bonchev–Trinajstić information content (AvgIpc) is 3.28. The van der Waals surface area contributed by atoms with Gasteiger partial charge in [-0.1, -0.05) is 36.4 Å². The van der Waals surface area contributed by atoms with Gasteiger partial charge in [-0.3, -0.25) is 4.79 Å². The number of hydrogen-bond acceptors (Lipinski definition) is 3. The van der Waals surface area contributed by atoms with Crippen molar-refractivity contribution in [2.45, 2.75) is 19.0 Å². The van der Waals surface area contributed by atoms with Crippen molar-refractivity contribution in [3.05, 3.63) is 87.6 Å². The summed E-state index contributed by atoms with van der Waals surface area (Å²) in [7, 11) is 1.61. The van der Waals surface area contributed by atoms with Crippen molar-refractivity contribution < 1.29 is 14.4 Å². The fraction of sp³-hybridized carbons (Fsp3) is 0.261. The van der Waals surface area contributed by atoms with Crippen LogP contribution >= 0.6 is 11.3 Å². The summed E-state index contributed by atoms with van der Waals surface area (Å²) in [6.07, 6.45) is 1.08. The van der Waals surface area contributed by atoms with Gasteiger partial charge in [-0.15, -0.1) is 11.3 Å². The van der Waals surface area contributed by atoms with E-state index in [2.05, 4.69) is 47.1 Å². The van der Waals surface area contributed by atoms with Gasteiger partial charge in [0.15, 0.2) is 0 Å². The van der Waals surface area contributed by atoms with Crippen molar-refractivity contribution in [3.63, 3.8) is 0 Å². The lowest BCUT2D eigenvalue weighted by Crippen LogP contribution is -3.12. The number of quaternary nitrogens is 1. The zero-order valence-corrected chi connectivity index (χ0v) is 16.8. The minimum absolute atomic E-state index is 0.0581. The highest BCUT2D eigenvalue weighted by Gasteiger charge is 2.29. The SMILES string of the molecule is COc1cccc(C(=O)NC[C@H](c2cccs2)[NH+]2CCc3ccccc3C2)c1. The largest absolute Gasteiger partial charge is 0.497 e. The van der Waals surface area contributed by atoms with Crippen molar-refractivity contribution in [2.75, 3.05) is 20.2 Å². The molecule has 1 unspecified atom stereocenters. The van der Waals surface area contributed by atoms with E-state index in [-0.39, 0.29) is 11.9 Å². The smallest absolute Gasteiger partial charge is 0.251 e. The molecule has 28 heavy (non-hydrogen) atoms. The Morgan fingerprint density at radius 1 is 1.14 bits per heavy atom. The summed E-state index contributed by atoms with van der Waals surface area (Å²) in [4.78, 5) is 15.5. The number of carbonyl (C=O) groups excluding carboxylic acids is 1. The van der Waals surface area contributed by atoms with Gasteiger partial charge in [0.25, 0.3) is 5.91 Å². The normalized spacial score (nSPS) is 16.8. The molecule has 1 aliphatic heterocycles. The number of methoxy groups -OCH3 is 1. The minimum atomic E-state index is -0.0581. The summed E-state index contributed by atoms with van der Waals surface area (Å²) in [6, 6.07) is 20.5. The summed E-state index contributed by atoms with van der Waals surface area (Å²) < 4.78 is 5.24. The first-order valence-corrected chi connectivity index (χ1v) is 10.5. The first-order chi connectivity index (χ1) is 13.7. The Labute approximate surface area is 169 Å². The Bertz CT molecular complexity index is 939. The number of rotatable bonds is 6. The van der Waals surface area contributed by atoms with Crippen LogP contribution in [0.1, 0.15) is 32.4 Å². The molecule has 144 valence electrons. The Kier molecular flexibility index (Phi) is 5.74. The number of hydrogen-bond donors (Lipinski definition) is 2. The maximum absolute atomic E-state index is 12.7. The number of benzene rings is 2. The third-order valence-corrected chi connectivity index (χ3v) is 6.42. The number of carbonyl (C=O) groups is 1. The van der Waals surface area contributed by atoms with Crippen molar-refractivity contribution in [2.24, 2.45) is 0 Å². The van der Waals surface area contributed by atoms with Gasteiger partial charge in [0.1, 0.15) is 18.3 Å². The number of amides is 1. The number of thiophene rings is 1. The van der Waals surface area contributed by atoms with Crippen LogP contribution in [-0.2, 0) is 13.0 Å². The van der Waals surface area contributed by atoms with Gasteiger partial charge < -0.3 is 15.0 Å². The predicted molar refractivity (Wildman–Crippen MR) is 112 cm³/mol. The number of ether oxygens (including phenoxy) is 1. The minimum Gasteiger partial charge on any atom is -0.497 e. The zero-order valence-electron chi connectivity index (χ0n) is 16.0. The highest BCUT2D eigenvalue weighted by atomic mass is 32.1. The Hall–Kier alpha value is -2.63. The molecule has 0 saturated carbocycles. The van der Waals surface area contributed by atoms with Crippen LogP contribution in [0, 0.1) is 0 Å². The van der Waals surface area contributed by atoms with Crippen LogP contribution in [0.25, 0.3) is 0 Å². The Morgan fingerprint density at radius 3 is 2.79 bits per heavy atom. The van der Waals surface area contributed by atoms with Crippen LogP contribution in [0.15, 0.2) is 66.0 Å². The molecule has 2 N–H and O–H groups in total. The van der Waals surface area contributed by atoms with Gasteiger partial charge in [0.05, 0.1) is 25.1 Å². The fourth-order valence-corrected chi connectivity index (χ4v) is 4.78. The van der Waals surface area contributed by atoms with Crippen LogP contribution in [0.2, 0.25) is 0 Å². The molecule has 0 radical (unpaired) electrons. The molecule has 3 aromatic rings. The summed E-state index contributed by atoms with van der Waals surface area (Å²) in [6.45, 7) is 2.69. The van der Waals surface area contributed by atoms with E-state index >= 15 is 0 Å². The molecule has 5 heteroatoms. The molecular weight excluding hydrogens is 368 g/mol. The van der Waals surface area contributed by atoms with Crippen molar-refractivity contribution >= 4 is 17.2 Å². The second-order valence-corrected chi connectivity index (χ2v) is 8.09. The second kappa shape index (κ2) is 8.59. The second-order valence-electron chi connectivity index (χ2n) is 7.11. The van der Waals surface area contributed by atoms with Crippen molar-refractivity contribution in [3.8, 4) is 5.75 Å². The van der Waals surface area contributed by atoms with Gasteiger partial charge in [-0.05, 0) is 35.2 Å². The third kappa shape index (κ3) is 4.11. The quantitative estimate of drug-likeness (QED) is 0.676. The highest BCUT2D eigenvalue weighted by Crippen LogP contribution is 2.19. The summed E-state index contributed by atoms with van der Waals surface area (Å²) in [5, 5.41) is 5.27. The highest BCUT2D eigenvalue weighted by molar-refractivity contribution is 7.10. The van der Waals surface area contributed by atoms with Crippen LogP contribution < -0.4 is 15.0 Å². The monoisotopic (exact) mass is 393 g/mol. The van der Waals surface area contributed by atoms with E-state index in [9.17, 15) is 4.79 Å². The average molecular weight is 394 g/mol. The summed E-state index contributed by atoms with van der Waals surface area (Å²) in [5.41, 5.74) is 3.50. The van der Waals surface area contributed by atoms with E-state index in [1.807, 2.05) is 18.2 Å². The van der Waals surface area contributed by atoms with E-state index < -0.39 is 0 Å². The molecule has 0 aliphatic carbocycles.